The van der Waals surface area contributed by atoms with Crippen molar-refractivity contribution in [1.29, 1.82) is 5.26 Å². The minimum Gasteiger partial charge on any atom is -0.486 e. The molecule has 1 unspecified atom stereocenters. The second kappa shape index (κ2) is 6.77. The number of fused-ring (bicyclic) bond motifs is 1. The Kier molecular flexibility index (Phi) is 4.54. The third-order valence-corrected chi connectivity index (χ3v) is 4.18. The van der Waals surface area contributed by atoms with Crippen molar-refractivity contribution in [1.82, 2.24) is 4.57 Å². The fraction of sp³-hybridized carbons (Fsp3) is 0.158. The second-order valence-electron chi connectivity index (χ2n) is 5.46. The summed E-state index contributed by atoms with van der Waals surface area (Å²) in [5.41, 5.74) is 1.66. The molecule has 0 spiro atoms. The standard InChI is InChI=1S/C19H15ClN2O2/c1-22-17-5-3-2-4-13(17)10-18(22)16(11-21)19(23)12-24-15-8-6-14(20)7-9-15/h2-10,16H,12H2,1H3. The normalized spacial score (nSPS) is 11.9. The number of nitrogens with zero attached hydrogens (tertiary/aromatic N) is 2. The maximum atomic E-state index is 12.5. The molecule has 3 aromatic rings. The van der Waals surface area contributed by atoms with Crippen LogP contribution < -0.4 is 4.74 Å². The molecule has 120 valence electrons. The summed E-state index contributed by atoms with van der Waals surface area (Å²) in [5, 5.41) is 11.1. The average Bonchev–Trinajstić information content (AvgIpc) is 2.92. The van der Waals surface area contributed by atoms with Gasteiger partial charge in [-0.2, -0.15) is 5.26 Å². The average molecular weight is 339 g/mol. The van der Waals surface area contributed by atoms with Crippen LogP contribution in [0.5, 0.6) is 5.75 Å². The topological polar surface area (TPSA) is 55.0 Å². The van der Waals surface area contributed by atoms with Gasteiger partial charge < -0.3 is 9.30 Å². The molecule has 24 heavy (non-hydrogen) atoms. The van der Waals surface area contributed by atoms with Gasteiger partial charge in [-0.25, -0.2) is 0 Å². The SMILES string of the molecule is Cn1c(C(C#N)C(=O)COc2ccc(Cl)cc2)cc2ccccc21. The molecule has 0 fully saturated rings. The van der Waals surface area contributed by atoms with Gasteiger partial charge in [0.2, 0.25) is 0 Å². The summed E-state index contributed by atoms with van der Waals surface area (Å²) in [7, 11) is 1.86. The molecule has 0 bridgehead atoms. The predicted molar refractivity (Wildman–Crippen MR) is 93.2 cm³/mol. The van der Waals surface area contributed by atoms with Crippen molar-refractivity contribution < 1.29 is 9.53 Å². The van der Waals surface area contributed by atoms with Crippen molar-refractivity contribution in [3.63, 3.8) is 0 Å². The van der Waals surface area contributed by atoms with Gasteiger partial charge in [-0.3, -0.25) is 4.79 Å². The van der Waals surface area contributed by atoms with Crippen molar-refractivity contribution in [2.24, 2.45) is 7.05 Å². The quantitative estimate of drug-likeness (QED) is 0.704. The Bertz CT molecular complexity index is 923. The summed E-state index contributed by atoms with van der Waals surface area (Å²) >= 11 is 5.82. The molecule has 1 atom stereocenters. The number of rotatable bonds is 5. The molecule has 2 aromatic carbocycles. The maximum absolute atomic E-state index is 12.5. The molecule has 0 aliphatic carbocycles. The Labute approximate surface area is 144 Å². The zero-order chi connectivity index (χ0) is 17.1. The molecule has 1 aromatic heterocycles. The summed E-state index contributed by atoms with van der Waals surface area (Å²) in [6.07, 6.45) is 0. The summed E-state index contributed by atoms with van der Waals surface area (Å²) in [6, 6.07) is 18.5. The van der Waals surface area contributed by atoms with Gasteiger partial charge in [0.1, 0.15) is 18.3 Å². The van der Waals surface area contributed by atoms with Crippen LogP contribution >= 0.6 is 11.6 Å². The fourth-order valence-electron chi connectivity index (χ4n) is 2.66. The van der Waals surface area contributed by atoms with Crippen molar-refractivity contribution in [3.8, 4) is 11.8 Å². The van der Waals surface area contributed by atoms with E-state index in [9.17, 15) is 10.1 Å². The molecule has 0 saturated heterocycles. The van der Waals surface area contributed by atoms with Crippen LogP contribution in [0.15, 0.2) is 54.6 Å². The third-order valence-electron chi connectivity index (χ3n) is 3.93. The monoisotopic (exact) mass is 338 g/mol. The Hall–Kier alpha value is -2.77. The first-order chi connectivity index (χ1) is 11.6. The summed E-state index contributed by atoms with van der Waals surface area (Å²) in [4.78, 5) is 12.5. The zero-order valence-corrected chi connectivity index (χ0v) is 13.8. The number of aromatic nitrogens is 1. The lowest BCUT2D eigenvalue weighted by molar-refractivity contribution is -0.121. The number of aryl methyl sites for hydroxylation is 1. The van der Waals surface area contributed by atoms with Crippen LogP contribution in [0.4, 0.5) is 0 Å². The van der Waals surface area contributed by atoms with Crippen molar-refractivity contribution >= 4 is 28.3 Å². The molecule has 3 rings (SSSR count). The molecule has 4 nitrogen and oxygen atoms in total. The Morgan fingerprint density at radius 3 is 2.62 bits per heavy atom. The molecule has 0 N–H and O–H groups in total. The van der Waals surface area contributed by atoms with Gasteiger partial charge in [-0.05, 0) is 41.8 Å². The fourth-order valence-corrected chi connectivity index (χ4v) is 2.78. The van der Waals surface area contributed by atoms with Gasteiger partial charge >= 0.3 is 0 Å². The van der Waals surface area contributed by atoms with Gasteiger partial charge in [0, 0.05) is 23.3 Å². The van der Waals surface area contributed by atoms with E-state index in [2.05, 4.69) is 6.07 Å². The van der Waals surface area contributed by atoms with E-state index < -0.39 is 5.92 Å². The number of ether oxygens (including phenoxy) is 1. The number of halogens is 1. The van der Waals surface area contributed by atoms with E-state index in [1.165, 1.54) is 0 Å². The number of ketones is 1. The Morgan fingerprint density at radius 2 is 1.96 bits per heavy atom. The Morgan fingerprint density at radius 1 is 1.25 bits per heavy atom. The predicted octanol–water partition coefficient (Wildman–Crippen LogP) is 4.09. The van der Waals surface area contributed by atoms with Crippen molar-refractivity contribution in [2.45, 2.75) is 5.92 Å². The van der Waals surface area contributed by atoms with E-state index in [-0.39, 0.29) is 12.4 Å². The van der Waals surface area contributed by atoms with E-state index in [0.29, 0.717) is 16.5 Å². The Balaban J connectivity index is 1.80. The highest BCUT2D eigenvalue weighted by Gasteiger charge is 2.24. The maximum Gasteiger partial charge on any atom is 0.193 e. The zero-order valence-electron chi connectivity index (χ0n) is 13.1. The van der Waals surface area contributed by atoms with Crippen LogP contribution in [0.1, 0.15) is 11.6 Å². The van der Waals surface area contributed by atoms with Crippen molar-refractivity contribution in [3.05, 3.63) is 65.3 Å². The van der Waals surface area contributed by atoms with Crippen molar-refractivity contribution in [2.75, 3.05) is 6.61 Å². The highest BCUT2D eigenvalue weighted by atomic mass is 35.5. The molecular formula is C19H15ClN2O2. The van der Waals surface area contributed by atoms with Gasteiger partial charge in [0.25, 0.3) is 0 Å². The first-order valence-electron chi connectivity index (χ1n) is 7.45. The van der Waals surface area contributed by atoms with E-state index in [4.69, 9.17) is 16.3 Å². The molecule has 0 aliphatic rings. The minimum atomic E-state index is -0.866. The third kappa shape index (κ3) is 3.12. The van der Waals surface area contributed by atoms with Gasteiger partial charge in [-0.1, -0.05) is 29.8 Å². The molecule has 5 heteroatoms. The van der Waals surface area contributed by atoms with Gasteiger partial charge in [0.05, 0.1) is 6.07 Å². The number of hydrogen-bond donors (Lipinski definition) is 0. The van der Waals surface area contributed by atoms with Crippen LogP contribution in [-0.4, -0.2) is 17.0 Å². The van der Waals surface area contributed by atoms with E-state index in [0.717, 1.165) is 10.9 Å². The lowest BCUT2D eigenvalue weighted by atomic mass is 10.0. The number of hydrogen-bond acceptors (Lipinski definition) is 3. The second-order valence-corrected chi connectivity index (χ2v) is 5.89. The van der Waals surface area contributed by atoms with E-state index >= 15 is 0 Å². The number of carbonyl (C=O) groups is 1. The number of para-hydroxylation sites is 1. The van der Waals surface area contributed by atoms with Crippen LogP contribution in [0.25, 0.3) is 10.9 Å². The molecular weight excluding hydrogens is 324 g/mol. The largest absolute Gasteiger partial charge is 0.486 e. The molecule has 1 heterocycles. The molecule has 0 aliphatic heterocycles. The van der Waals surface area contributed by atoms with Gasteiger partial charge in [0.15, 0.2) is 5.78 Å². The van der Waals surface area contributed by atoms with E-state index in [1.54, 1.807) is 24.3 Å². The lowest BCUT2D eigenvalue weighted by Gasteiger charge is -2.11. The highest BCUT2D eigenvalue weighted by Crippen LogP contribution is 2.25. The number of Topliss-reactive ketones (excluding diaryl/α,β-unsaturated/α-hetero) is 1. The number of nitriles is 1. The first-order valence-corrected chi connectivity index (χ1v) is 7.83. The summed E-state index contributed by atoms with van der Waals surface area (Å²) in [5.74, 6) is -0.602. The van der Waals surface area contributed by atoms with Crippen LogP contribution in [0.2, 0.25) is 5.02 Å². The smallest absolute Gasteiger partial charge is 0.193 e. The first kappa shape index (κ1) is 16.1. The van der Waals surface area contributed by atoms with Crippen LogP contribution in [0, 0.1) is 11.3 Å². The van der Waals surface area contributed by atoms with E-state index in [1.807, 2.05) is 41.9 Å². The molecule has 0 saturated carbocycles. The summed E-state index contributed by atoms with van der Waals surface area (Å²) in [6.45, 7) is -0.165. The van der Waals surface area contributed by atoms with Crippen LogP contribution in [-0.2, 0) is 11.8 Å². The lowest BCUT2D eigenvalue weighted by Crippen LogP contribution is -2.20. The highest BCUT2D eigenvalue weighted by molar-refractivity contribution is 6.30. The molecule has 0 amide bonds. The summed E-state index contributed by atoms with van der Waals surface area (Å²) < 4.78 is 7.35. The van der Waals surface area contributed by atoms with Crippen LogP contribution in [0.3, 0.4) is 0 Å². The number of carbonyl (C=O) groups excluding carboxylic acids is 1. The minimum absolute atomic E-state index is 0.165. The van der Waals surface area contributed by atoms with Gasteiger partial charge in [-0.15, -0.1) is 0 Å². The molecule has 0 radical (unpaired) electrons. The number of benzene rings is 2.